The molecule has 0 spiro atoms. The lowest BCUT2D eigenvalue weighted by molar-refractivity contribution is -0.153. The summed E-state index contributed by atoms with van der Waals surface area (Å²) in [5.74, 6) is 5.24. The van der Waals surface area contributed by atoms with E-state index in [1.54, 1.807) is 0 Å². The maximum atomic E-state index is 13.7. The molecule has 0 bridgehead atoms. The molecule has 0 saturated heterocycles. The number of esters is 1. The van der Waals surface area contributed by atoms with Gasteiger partial charge in [-0.1, -0.05) is 91.7 Å². The number of hydrogen-bond donors (Lipinski definition) is 2. The first-order chi connectivity index (χ1) is 30.8. The van der Waals surface area contributed by atoms with Gasteiger partial charge in [0.05, 0.1) is 6.42 Å². The third-order valence-corrected chi connectivity index (χ3v) is 16.9. The summed E-state index contributed by atoms with van der Waals surface area (Å²) in [6.45, 7) is 31.1. The zero-order valence-electron chi connectivity index (χ0n) is 44.7. The van der Waals surface area contributed by atoms with Gasteiger partial charge < -0.3 is 29.7 Å². The number of rotatable bonds is 23. The number of carbonyl (C=O) groups is 4. The van der Waals surface area contributed by atoms with Crippen molar-refractivity contribution in [3.63, 3.8) is 0 Å². The normalized spacial score (nSPS) is 28.1. The van der Waals surface area contributed by atoms with E-state index in [9.17, 15) is 19.2 Å². The number of fused-ring (bicyclic) bond motifs is 5. The monoisotopic (exact) mass is 926 g/mol. The SMILES string of the molecule is CC[C@H](CC[C@@H](C)C1CCC2C3CC=C4CC(OC(=O)CCC(=O)N(CCCCCCCC(C)NC(=O)OC(C)(C)C)CCC(C)NC(=O)OC(C)(C)C)CCC4(C)C3CCC21C)C(C)C. The molecular formula is C56H99N3O7. The summed E-state index contributed by atoms with van der Waals surface area (Å²) in [7, 11) is 0. The van der Waals surface area contributed by atoms with Crippen LogP contribution in [0.3, 0.4) is 0 Å². The van der Waals surface area contributed by atoms with Gasteiger partial charge in [-0.05, 0) is 178 Å². The summed E-state index contributed by atoms with van der Waals surface area (Å²) in [6.07, 6.45) is 21.6. The predicted octanol–water partition coefficient (Wildman–Crippen LogP) is 13.7. The van der Waals surface area contributed by atoms with E-state index in [0.29, 0.717) is 30.8 Å². The number of nitrogens with zero attached hydrogens (tertiary/aromatic N) is 1. The number of nitrogens with one attached hydrogen (secondary N) is 2. The number of carbonyl (C=O) groups excluding carboxylic acids is 4. The fraction of sp³-hybridized carbons (Fsp3) is 0.893. The Hall–Kier alpha value is -2.78. The molecule has 0 aromatic carbocycles. The third-order valence-electron chi connectivity index (χ3n) is 16.9. The van der Waals surface area contributed by atoms with E-state index in [1.165, 1.54) is 56.9 Å². The van der Waals surface area contributed by atoms with Crippen molar-refractivity contribution in [1.82, 2.24) is 15.5 Å². The van der Waals surface area contributed by atoms with Crippen molar-refractivity contribution in [2.45, 2.75) is 255 Å². The topological polar surface area (TPSA) is 123 Å². The molecule has 3 amide bonds. The van der Waals surface area contributed by atoms with Crippen LogP contribution in [0, 0.1) is 52.3 Å². The molecule has 0 radical (unpaired) electrons. The van der Waals surface area contributed by atoms with Gasteiger partial charge in [0, 0.05) is 38.0 Å². The van der Waals surface area contributed by atoms with Crippen LogP contribution in [-0.2, 0) is 23.8 Å². The van der Waals surface area contributed by atoms with Gasteiger partial charge in [0.15, 0.2) is 0 Å². The molecular weight excluding hydrogens is 827 g/mol. The summed E-state index contributed by atoms with van der Waals surface area (Å²) in [6, 6.07) is -0.153. The van der Waals surface area contributed by atoms with Crippen LogP contribution in [0.2, 0.25) is 0 Å². The average molecular weight is 926 g/mol. The molecule has 66 heavy (non-hydrogen) atoms. The maximum absolute atomic E-state index is 13.7. The molecule has 4 aliphatic rings. The van der Waals surface area contributed by atoms with Gasteiger partial charge in [0.1, 0.15) is 17.3 Å². The summed E-state index contributed by atoms with van der Waals surface area (Å²) in [5, 5.41) is 5.82. The fourth-order valence-corrected chi connectivity index (χ4v) is 13.2. The van der Waals surface area contributed by atoms with E-state index in [4.69, 9.17) is 14.2 Å². The molecule has 3 fully saturated rings. The van der Waals surface area contributed by atoms with Gasteiger partial charge in [0.25, 0.3) is 0 Å². The molecule has 0 aromatic heterocycles. The Morgan fingerprint density at radius 3 is 1.97 bits per heavy atom. The Morgan fingerprint density at radius 1 is 0.727 bits per heavy atom. The molecule has 0 heterocycles. The number of amides is 3. The highest BCUT2D eigenvalue weighted by Crippen LogP contribution is 2.67. The van der Waals surface area contributed by atoms with Crippen molar-refractivity contribution in [3.05, 3.63) is 11.6 Å². The minimum absolute atomic E-state index is 0.0345. The van der Waals surface area contributed by atoms with Crippen molar-refractivity contribution >= 4 is 24.1 Å². The molecule has 10 nitrogen and oxygen atoms in total. The lowest BCUT2D eigenvalue weighted by Gasteiger charge is -2.58. The number of allylic oxidation sites excluding steroid dienone is 1. The minimum atomic E-state index is -0.595. The fourth-order valence-electron chi connectivity index (χ4n) is 13.2. The van der Waals surface area contributed by atoms with Gasteiger partial charge in [0.2, 0.25) is 5.91 Å². The van der Waals surface area contributed by atoms with Crippen LogP contribution in [0.25, 0.3) is 0 Å². The number of hydrogen-bond acceptors (Lipinski definition) is 7. The largest absolute Gasteiger partial charge is 0.462 e. The van der Waals surface area contributed by atoms with Gasteiger partial charge >= 0.3 is 18.2 Å². The number of ether oxygens (including phenoxy) is 3. The van der Waals surface area contributed by atoms with Crippen LogP contribution in [-0.4, -0.2) is 71.4 Å². The van der Waals surface area contributed by atoms with Crippen LogP contribution >= 0.6 is 0 Å². The summed E-state index contributed by atoms with van der Waals surface area (Å²) < 4.78 is 17.0. The van der Waals surface area contributed by atoms with Gasteiger partial charge in [-0.2, -0.15) is 0 Å². The van der Waals surface area contributed by atoms with E-state index < -0.39 is 17.3 Å². The molecule has 3 saturated carbocycles. The van der Waals surface area contributed by atoms with Gasteiger partial charge in [-0.15, -0.1) is 0 Å². The minimum Gasteiger partial charge on any atom is -0.462 e. The Labute approximate surface area is 403 Å². The molecule has 0 aromatic rings. The van der Waals surface area contributed by atoms with E-state index in [2.05, 4.69) is 58.3 Å². The zero-order valence-corrected chi connectivity index (χ0v) is 44.7. The van der Waals surface area contributed by atoms with Gasteiger partial charge in [-0.25, -0.2) is 9.59 Å². The maximum Gasteiger partial charge on any atom is 0.407 e. The molecule has 0 aliphatic heterocycles. The predicted molar refractivity (Wildman–Crippen MR) is 268 cm³/mol. The van der Waals surface area contributed by atoms with Crippen LogP contribution in [0.4, 0.5) is 9.59 Å². The molecule has 4 aliphatic carbocycles. The molecule has 10 heteroatoms. The van der Waals surface area contributed by atoms with Crippen LogP contribution in [0.15, 0.2) is 11.6 Å². The van der Waals surface area contributed by atoms with Crippen LogP contribution < -0.4 is 10.6 Å². The third kappa shape index (κ3) is 16.4. The van der Waals surface area contributed by atoms with E-state index in [0.717, 1.165) is 93.3 Å². The first-order valence-corrected chi connectivity index (χ1v) is 27.0. The molecule has 4 rings (SSSR count). The van der Waals surface area contributed by atoms with E-state index in [-0.39, 0.29) is 54.4 Å². The Balaban J connectivity index is 1.26. The van der Waals surface area contributed by atoms with Crippen molar-refractivity contribution < 1.29 is 33.4 Å². The Kier molecular flexibility index (Phi) is 20.9. The van der Waals surface area contributed by atoms with Crippen LogP contribution in [0.1, 0.15) is 225 Å². The second-order valence-electron chi connectivity index (χ2n) is 24.6. The van der Waals surface area contributed by atoms with E-state index in [1.807, 2.05) is 60.3 Å². The first kappa shape index (κ1) is 55.8. The number of unbranched alkanes of at least 4 members (excludes halogenated alkanes) is 4. The Bertz CT molecular complexity index is 1600. The summed E-state index contributed by atoms with van der Waals surface area (Å²) in [5.41, 5.74) is 1.05. The lowest BCUT2D eigenvalue weighted by Crippen LogP contribution is -2.51. The van der Waals surface area contributed by atoms with Crippen LogP contribution in [0.5, 0.6) is 0 Å². The highest BCUT2D eigenvalue weighted by Gasteiger charge is 2.59. The van der Waals surface area contributed by atoms with Gasteiger partial charge in [-0.3, -0.25) is 9.59 Å². The standard InChI is InChI=1S/C56H99N3O7/c1-15-42(38(2)3)23-22-39(4)46-26-27-47-45-25-24-43-37-44(30-33-55(43,13)48(45)31-34-56(46,47)14)64-50(61)29-28-49(60)59(36-32-41(6)58-52(63)66-54(10,11)12)35-20-18-16-17-19-21-40(5)57-51(62)65-53(7,8)9/h24,38-42,44-48H,15-23,25-37H2,1-14H3,(H,57,62)(H,58,63)/t39-,40?,41?,42-,44?,45?,46?,47?,48?,55?,56?/m1/s1. The van der Waals surface area contributed by atoms with E-state index >= 15 is 0 Å². The molecule has 11 atom stereocenters. The number of alkyl carbamates (subject to hydrolysis) is 2. The van der Waals surface area contributed by atoms with Crippen molar-refractivity contribution in [3.8, 4) is 0 Å². The second kappa shape index (κ2) is 24.7. The second-order valence-corrected chi connectivity index (χ2v) is 24.6. The van der Waals surface area contributed by atoms with Crippen molar-refractivity contribution in [1.29, 1.82) is 0 Å². The highest BCUT2D eigenvalue weighted by atomic mass is 16.6. The molecule has 380 valence electrons. The van der Waals surface area contributed by atoms with Crippen molar-refractivity contribution in [2.75, 3.05) is 13.1 Å². The van der Waals surface area contributed by atoms with Crippen molar-refractivity contribution in [2.24, 2.45) is 52.3 Å². The zero-order chi connectivity index (χ0) is 49.0. The lowest BCUT2D eigenvalue weighted by atomic mass is 9.47. The average Bonchev–Trinajstić information content (AvgIpc) is 3.56. The first-order valence-electron chi connectivity index (χ1n) is 27.0. The summed E-state index contributed by atoms with van der Waals surface area (Å²) >= 11 is 0. The summed E-state index contributed by atoms with van der Waals surface area (Å²) in [4.78, 5) is 53.6. The molecule has 9 unspecified atom stereocenters. The molecule has 2 N–H and O–H groups in total. The quantitative estimate of drug-likeness (QED) is 0.0453. The Morgan fingerprint density at radius 2 is 1.35 bits per heavy atom. The smallest absolute Gasteiger partial charge is 0.407 e. The highest BCUT2D eigenvalue weighted by molar-refractivity contribution is 5.81.